The third kappa shape index (κ3) is 3.29. The van der Waals surface area contributed by atoms with Crippen molar-refractivity contribution in [3.8, 4) is 0 Å². The quantitative estimate of drug-likeness (QED) is 0.630. The number of alkyl halides is 1. The second kappa shape index (κ2) is 5.25. The number of carbonyl (C=O) groups excluding carboxylic acids is 1. The number of hydrogen-bond acceptors (Lipinski definition) is 3. The molecule has 4 nitrogen and oxygen atoms in total. The van der Waals surface area contributed by atoms with Gasteiger partial charge in [-0.25, -0.2) is 4.79 Å². The summed E-state index contributed by atoms with van der Waals surface area (Å²) < 4.78 is 5.46. The molecule has 0 radical (unpaired) electrons. The van der Waals surface area contributed by atoms with E-state index < -0.39 is 5.60 Å². The first-order valence-corrected chi connectivity index (χ1v) is 7.22. The summed E-state index contributed by atoms with van der Waals surface area (Å²) >= 11 is 5.65. The summed E-state index contributed by atoms with van der Waals surface area (Å²) in [6, 6.07) is 0.285. The average Bonchev–Trinajstić information content (AvgIpc) is 2.92. The zero-order valence-corrected chi connectivity index (χ0v) is 12.2. The van der Waals surface area contributed by atoms with Gasteiger partial charge >= 0.3 is 6.09 Å². The predicted molar refractivity (Wildman–Crippen MR) is 71.9 cm³/mol. The van der Waals surface area contributed by atoms with Crippen molar-refractivity contribution in [2.75, 3.05) is 25.5 Å². The number of carbonyl (C=O) groups is 1. The second-order valence-corrected chi connectivity index (χ2v) is 6.63. The Morgan fingerprint density at radius 3 is 2.83 bits per heavy atom. The van der Waals surface area contributed by atoms with Crippen molar-refractivity contribution in [2.24, 2.45) is 11.8 Å². The molecule has 18 heavy (non-hydrogen) atoms. The highest BCUT2D eigenvalue weighted by atomic mass is 35.5. The summed E-state index contributed by atoms with van der Waals surface area (Å²) in [6.07, 6.45) is 1.08. The van der Waals surface area contributed by atoms with Crippen molar-refractivity contribution in [3.05, 3.63) is 0 Å². The molecule has 1 aliphatic carbocycles. The van der Waals surface area contributed by atoms with Gasteiger partial charge in [0.25, 0.3) is 0 Å². The lowest BCUT2D eigenvalue weighted by atomic mass is 10.2. The fourth-order valence-corrected chi connectivity index (χ4v) is 2.81. The highest BCUT2D eigenvalue weighted by Gasteiger charge is 2.54. The molecule has 1 aliphatic heterocycles. The molecule has 5 heteroatoms. The number of piperidine rings is 1. The zero-order chi connectivity index (χ0) is 13.3. The molecule has 2 rings (SSSR count). The van der Waals surface area contributed by atoms with Crippen LogP contribution in [0.5, 0.6) is 0 Å². The van der Waals surface area contributed by atoms with E-state index >= 15 is 0 Å². The fourth-order valence-electron chi connectivity index (χ4n) is 2.68. The summed E-state index contributed by atoms with van der Waals surface area (Å²) in [6.45, 7) is 8.19. The van der Waals surface area contributed by atoms with Crippen molar-refractivity contribution >= 4 is 17.7 Å². The monoisotopic (exact) mass is 274 g/mol. The number of amides is 1. The van der Waals surface area contributed by atoms with E-state index in [2.05, 4.69) is 5.32 Å². The molecule has 0 aromatic heterocycles. The minimum atomic E-state index is -0.419. The summed E-state index contributed by atoms with van der Waals surface area (Å²) in [5, 5.41) is 3.30. The van der Waals surface area contributed by atoms with Gasteiger partial charge in [0.05, 0.1) is 6.04 Å². The first-order valence-electron chi connectivity index (χ1n) is 6.68. The lowest BCUT2D eigenvalue weighted by Crippen LogP contribution is -2.46. The molecule has 0 aromatic carbocycles. The van der Waals surface area contributed by atoms with Gasteiger partial charge in [-0.1, -0.05) is 0 Å². The van der Waals surface area contributed by atoms with Crippen LogP contribution in [0.3, 0.4) is 0 Å². The first kappa shape index (κ1) is 13.9. The van der Waals surface area contributed by atoms with Crippen molar-refractivity contribution in [1.29, 1.82) is 0 Å². The van der Waals surface area contributed by atoms with Crippen molar-refractivity contribution < 1.29 is 9.53 Å². The van der Waals surface area contributed by atoms with E-state index in [0.717, 1.165) is 19.6 Å². The van der Waals surface area contributed by atoms with Gasteiger partial charge in [0.15, 0.2) is 0 Å². The van der Waals surface area contributed by atoms with Crippen LogP contribution in [-0.2, 0) is 4.74 Å². The normalized spacial score (nSPS) is 30.2. The minimum Gasteiger partial charge on any atom is -0.444 e. The van der Waals surface area contributed by atoms with E-state index in [-0.39, 0.29) is 12.1 Å². The molecule has 1 amide bonds. The van der Waals surface area contributed by atoms with Gasteiger partial charge in [0, 0.05) is 25.5 Å². The molecule has 0 bridgehead atoms. The molecule has 1 saturated carbocycles. The molecule has 1 saturated heterocycles. The standard InChI is InChI=1S/C13H23ClN2O2/c1-13(2,3)18-12(17)16-8-9-6-10(9)11(16)7-15-5-4-14/h9-11,15H,4-8H2,1-3H3/t9-,10?,11+/m0/s1. The summed E-state index contributed by atoms with van der Waals surface area (Å²) in [5.41, 5.74) is -0.419. The Balaban J connectivity index is 1.88. The number of hydrogen-bond donors (Lipinski definition) is 1. The molecular formula is C13H23ClN2O2. The van der Waals surface area contributed by atoms with Gasteiger partial charge in [0.2, 0.25) is 0 Å². The number of nitrogens with zero attached hydrogens (tertiary/aromatic N) is 1. The maximum absolute atomic E-state index is 12.1. The molecule has 0 aromatic rings. The van der Waals surface area contributed by atoms with Crippen LogP contribution in [0.25, 0.3) is 0 Å². The Bertz CT molecular complexity index is 317. The van der Waals surface area contributed by atoms with Gasteiger partial charge in [-0.05, 0) is 39.0 Å². The van der Waals surface area contributed by atoms with E-state index in [0.29, 0.717) is 17.7 Å². The SMILES string of the molecule is CC(C)(C)OC(=O)N1C[C@@H]2CC2[C@H]1CNCCCl. The second-order valence-electron chi connectivity index (χ2n) is 6.25. The Morgan fingerprint density at radius 1 is 1.50 bits per heavy atom. The average molecular weight is 275 g/mol. The molecule has 3 atom stereocenters. The van der Waals surface area contributed by atoms with E-state index in [1.165, 1.54) is 6.42 Å². The van der Waals surface area contributed by atoms with E-state index in [9.17, 15) is 4.79 Å². The van der Waals surface area contributed by atoms with E-state index in [1.54, 1.807) is 0 Å². The Kier molecular flexibility index (Phi) is 4.07. The molecule has 0 spiro atoms. The number of nitrogens with one attached hydrogen (secondary N) is 1. The maximum Gasteiger partial charge on any atom is 0.410 e. The minimum absolute atomic E-state index is 0.174. The highest BCUT2D eigenvalue weighted by molar-refractivity contribution is 6.18. The van der Waals surface area contributed by atoms with Gasteiger partial charge in [-0.15, -0.1) is 11.6 Å². The first-order chi connectivity index (χ1) is 8.42. The number of fused-ring (bicyclic) bond motifs is 1. The van der Waals surface area contributed by atoms with Crippen molar-refractivity contribution in [3.63, 3.8) is 0 Å². The largest absolute Gasteiger partial charge is 0.444 e. The van der Waals surface area contributed by atoms with Crippen LogP contribution in [0.2, 0.25) is 0 Å². The molecule has 104 valence electrons. The lowest BCUT2D eigenvalue weighted by Gasteiger charge is -2.30. The number of halogens is 1. The molecule has 1 heterocycles. The van der Waals surface area contributed by atoms with Gasteiger partial charge in [0.1, 0.15) is 5.60 Å². The smallest absolute Gasteiger partial charge is 0.410 e. The molecule has 2 fully saturated rings. The van der Waals surface area contributed by atoms with E-state index in [1.807, 2.05) is 25.7 Å². The van der Waals surface area contributed by atoms with Crippen LogP contribution in [-0.4, -0.2) is 48.2 Å². The summed E-state index contributed by atoms with van der Waals surface area (Å²) in [4.78, 5) is 14.0. The Labute approximate surface area is 114 Å². The third-order valence-electron chi connectivity index (χ3n) is 3.56. The van der Waals surface area contributed by atoms with Crippen LogP contribution >= 0.6 is 11.6 Å². The number of likely N-dealkylation sites (tertiary alicyclic amines) is 1. The van der Waals surface area contributed by atoms with Gasteiger partial charge in [-0.3, -0.25) is 0 Å². The Hall–Kier alpha value is -0.480. The molecule has 1 N–H and O–H groups in total. The topological polar surface area (TPSA) is 41.6 Å². The van der Waals surface area contributed by atoms with Crippen LogP contribution in [0.1, 0.15) is 27.2 Å². The number of ether oxygens (including phenoxy) is 1. The lowest BCUT2D eigenvalue weighted by molar-refractivity contribution is 0.0194. The van der Waals surface area contributed by atoms with Crippen LogP contribution in [0.4, 0.5) is 4.79 Å². The van der Waals surface area contributed by atoms with Crippen molar-refractivity contribution in [2.45, 2.75) is 38.8 Å². The number of rotatable bonds is 4. The third-order valence-corrected chi connectivity index (χ3v) is 3.74. The van der Waals surface area contributed by atoms with Crippen LogP contribution in [0.15, 0.2) is 0 Å². The van der Waals surface area contributed by atoms with Crippen LogP contribution in [0, 0.1) is 11.8 Å². The van der Waals surface area contributed by atoms with Crippen LogP contribution < -0.4 is 5.32 Å². The fraction of sp³-hybridized carbons (Fsp3) is 0.923. The van der Waals surface area contributed by atoms with Gasteiger partial charge < -0.3 is 15.0 Å². The van der Waals surface area contributed by atoms with Gasteiger partial charge in [-0.2, -0.15) is 0 Å². The summed E-state index contributed by atoms with van der Waals surface area (Å²) in [5.74, 6) is 1.97. The molecule has 2 aliphatic rings. The van der Waals surface area contributed by atoms with E-state index in [4.69, 9.17) is 16.3 Å². The molecule has 1 unspecified atom stereocenters. The predicted octanol–water partition coefficient (Wildman–Crippen LogP) is 2.07. The highest BCUT2D eigenvalue weighted by Crippen LogP contribution is 2.49. The summed E-state index contributed by atoms with van der Waals surface area (Å²) in [7, 11) is 0. The molecular weight excluding hydrogens is 252 g/mol. The van der Waals surface area contributed by atoms with Crippen molar-refractivity contribution in [1.82, 2.24) is 10.2 Å². The maximum atomic E-state index is 12.1. The zero-order valence-electron chi connectivity index (χ0n) is 11.4. The Morgan fingerprint density at radius 2 is 2.22 bits per heavy atom.